The highest BCUT2D eigenvalue weighted by atomic mass is 19.1. The minimum Gasteiger partial charge on any atom is -0.393 e. The minimum atomic E-state index is -0.380. The summed E-state index contributed by atoms with van der Waals surface area (Å²) < 4.78 is 13.8. The van der Waals surface area contributed by atoms with Crippen LogP contribution in [0.4, 0.5) is 10.1 Å². The molecule has 1 aliphatic heterocycles. The van der Waals surface area contributed by atoms with E-state index in [9.17, 15) is 9.50 Å². The van der Waals surface area contributed by atoms with Crippen molar-refractivity contribution < 1.29 is 9.50 Å². The lowest BCUT2D eigenvalue weighted by atomic mass is 9.95. The first-order valence-corrected chi connectivity index (χ1v) is 5.85. The number of aliphatic hydroxyl groups is 1. The molecule has 3 heteroatoms. The number of nitrogens with zero attached hydrogens (tertiary/aromatic N) is 1. The van der Waals surface area contributed by atoms with Gasteiger partial charge < -0.3 is 10.0 Å². The Kier molecular flexibility index (Phi) is 3.15. The van der Waals surface area contributed by atoms with Gasteiger partial charge in [0.2, 0.25) is 0 Å². The number of likely N-dealkylation sites (N-methyl/N-ethyl adjacent to an activating group) is 1. The van der Waals surface area contributed by atoms with Crippen LogP contribution in [0.15, 0.2) is 18.2 Å². The van der Waals surface area contributed by atoms with Crippen LogP contribution in [-0.4, -0.2) is 24.3 Å². The fraction of sp³-hybridized carbons (Fsp3) is 0.538. The molecule has 0 bridgehead atoms. The zero-order chi connectivity index (χ0) is 11.7. The topological polar surface area (TPSA) is 23.5 Å². The van der Waals surface area contributed by atoms with Crippen LogP contribution in [-0.2, 0) is 0 Å². The van der Waals surface area contributed by atoms with E-state index in [0.717, 1.165) is 24.3 Å². The Labute approximate surface area is 95.7 Å². The van der Waals surface area contributed by atoms with Gasteiger partial charge >= 0.3 is 0 Å². The molecule has 0 spiro atoms. The van der Waals surface area contributed by atoms with Gasteiger partial charge in [0, 0.05) is 30.3 Å². The molecular weight excluding hydrogens is 205 g/mol. The molecule has 0 radical (unpaired) electrons. The van der Waals surface area contributed by atoms with Crippen molar-refractivity contribution in [2.75, 3.05) is 18.0 Å². The molecule has 88 valence electrons. The number of aliphatic hydroxyl groups excluding tert-OH is 1. The predicted molar refractivity (Wildman–Crippen MR) is 63.3 cm³/mol. The Morgan fingerprint density at radius 2 is 2.31 bits per heavy atom. The summed E-state index contributed by atoms with van der Waals surface area (Å²) >= 11 is 0. The molecule has 2 unspecified atom stereocenters. The number of hydrogen-bond acceptors (Lipinski definition) is 2. The molecule has 0 amide bonds. The van der Waals surface area contributed by atoms with Gasteiger partial charge in [0.05, 0.1) is 6.10 Å². The van der Waals surface area contributed by atoms with Crippen molar-refractivity contribution in [3.05, 3.63) is 29.6 Å². The molecule has 1 heterocycles. The fourth-order valence-corrected chi connectivity index (χ4v) is 2.56. The maximum atomic E-state index is 13.8. The van der Waals surface area contributed by atoms with Crippen LogP contribution < -0.4 is 4.90 Å². The first-order chi connectivity index (χ1) is 7.63. The molecule has 2 rings (SSSR count). The summed E-state index contributed by atoms with van der Waals surface area (Å²) in [5.74, 6) is -0.0183. The third-order valence-corrected chi connectivity index (χ3v) is 3.23. The number of anilines is 1. The van der Waals surface area contributed by atoms with E-state index in [1.807, 2.05) is 6.07 Å². The molecule has 1 aromatic carbocycles. The smallest absolute Gasteiger partial charge is 0.128 e. The van der Waals surface area contributed by atoms with Gasteiger partial charge in [-0.2, -0.15) is 0 Å². The van der Waals surface area contributed by atoms with E-state index in [2.05, 4.69) is 11.8 Å². The summed E-state index contributed by atoms with van der Waals surface area (Å²) in [5, 5.41) is 9.45. The van der Waals surface area contributed by atoms with E-state index < -0.39 is 0 Å². The zero-order valence-corrected chi connectivity index (χ0v) is 9.78. The van der Waals surface area contributed by atoms with Crippen LogP contribution in [0.2, 0.25) is 0 Å². The van der Waals surface area contributed by atoms with Crippen molar-refractivity contribution in [1.29, 1.82) is 0 Å². The number of rotatable bonds is 3. The Morgan fingerprint density at radius 3 is 2.94 bits per heavy atom. The third-order valence-electron chi connectivity index (χ3n) is 3.23. The second kappa shape index (κ2) is 4.42. The quantitative estimate of drug-likeness (QED) is 0.851. The van der Waals surface area contributed by atoms with Crippen molar-refractivity contribution in [2.24, 2.45) is 0 Å². The molecule has 2 nitrogen and oxygen atoms in total. The molecule has 0 saturated carbocycles. The number of hydrogen-bond donors (Lipinski definition) is 1. The van der Waals surface area contributed by atoms with Crippen molar-refractivity contribution in [2.45, 2.75) is 32.3 Å². The molecule has 1 N–H and O–H groups in total. The van der Waals surface area contributed by atoms with Gasteiger partial charge in [-0.15, -0.1) is 0 Å². The van der Waals surface area contributed by atoms with Crippen LogP contribution in [0.3, 0.4) is 0 Å². The second-order valence-corrected chi connectivity index (χ2v) is 4.49. The summed E-state index contributed by atoms with van der Waals surface area (Å²) in [5.41, 5.74) is 1.78. The highest BCUT2D eigenvalue weighted by Crippen LogP contribution is 2.39. The van der Waals surface area contributed by atoms with Crippen molar-refractivity contribution in [3.8, 4) is 0 Å². The molecule has 1 aliphatic rings. The average molecular weight is 223 g/mol. The summed E-state index contributed by atoms with van der Waals surface area (Å²) in [6, 6.07) is 5.22. The largest absolute Gasteiger partial charge is 0.393 e. The molecule has 16 heavy (non-hydrogen) atoms. The van der Waals surface area contributed by atoms with Crippen LogP contribution in [0.25, 0.3) is 0 Å². The minimum absolute atomic E-state index is 0.121. The molecule has 0 aliphatic carbocycles. The van der Waals surface area contributed by atoms with Gasteiger partial charge in [-0.1, -0.05) is 6.07 Å². The lowest BCUT2D eigenvalue weighted by molar-refractivity contribution is 0.175. The van der Waals surface area contributed by atoms with Gasteiger partial charge in [0.15, 0.2) is 0 Å². The van der Waals surface area contributed by atoms with Crippen LogP contribution >= 0.6 is 0 Å². The van der Waals surface area contributed by atoms with E-state index >= 15 is 0 Å². The van der Waals surface area contributed by atoms with Crippen LogP contribution in [0.5, 0.6) is 0 Å². The van der Waals surface area contributed by atoms with Crippen molar-refractivity contribution in [1.82, 2.24) is 0 Å². The van der Waals surface area contributed by atoms with Gasteiger partial charge in [-0.05, 0) is 32.4 Å². The molecule has 0 saturated heterocycles. The van der Waals surface area contributed by atoms with Crippen LogP contribution in [0, 0.1) is 5.82 Å². The highest BCUT2D eigenvalue weighted by Gasteiger charge is 2.30. The van der Waals surface area contributed by atoms with Crippen LogP contribution in [0.1, 0.15) is 31.7 Å². The maximum Gasteiger partial charge on any atom is 0.128 e. The molecule has 1 aromatic rings. The Bertz CT molecular complexity index is 378. The van der Waals surface area contributed by atoms with E-state index in [0.29, 0.717) is 6.42 Å². The van der Waals surface area contributed by atoms with E-state index in [1.54, 1.807) is 13.0 Å². The molecule has 0 fully saturated rings. The monoisotopic (exact) mass is 223 g/mol. The number of halogens is 1. The zero-order valence-electron chi connectivity index (χ0n) is 9.78. The standard InChI is InChI=1S/C13H18FNO/c1-3-15-8-10(7-9(2)16)13-11(14)5-4-6-12(13)15/h4-6,9-10,16H,3,7-8H2,1-2H3. The number of fused-ring (bicyclic) bond motifs is 1. The van der Waals surface area contributed by atoms with Gasteiger partial charge in [-0.25, -0.2) is 4.39 Å². The predicted octanol–water partition coefficient (Wildman–Crippen LogP) is 2.52. The third kappa shape index (κ3) is 1.92. The number of benzene rings is 1. The van der Waals surface area contributed by atoms with Crippen molar-refractivity contribution in [3.63, 3.8) is 0 Å². The maximum absolute atomic E-state index is 13.8. The van der Waals surface area contributed by atoms with Gasteiger partial charge in [-0.3, -0.25) is 0 Å². The first kappa shape index (κ1) is 11.4. The average Bonchev–Trinajstić information content (AvgIpc) is 2.57. The lowest BCUT2D eigenvalue weighted by Crippen LogP contribution is -2.22. The summed E-state index contributed by atoms with van der Waals surface area (Å²) in [6.07, 6.45) is 0.249. The normalized spacial score (nSPS) is 21.0. The Morgan fingerprint density at radius 1 is 1.56 bits per heavy atom. The summed E-state index contributed by atoms with van der Waals surface area (Å²) in [4.78, 5) is 2.17. The lowest BCUT2D eigenvalue weighted by Gasteiger charge is -2.17. The summed E-state index contributed by atoms with van der Waals surface area (Å²) in [6.45, 7) is 5.53. The van der Waals surface area contributed by atoms with E-state index in [-0.39, 0.29) is 17.8 Å². The van der Waals surface area contributed by atoms with Gasteiger partial charge in [0.1, 0.15) is 5.82 Å². The fourth-order valence-electron chi connectivity index (χ4n) is 2.56. The Hall–Kier alpha value is -1.09. The molecular formula is C13H18FNO. The molecule has 0 aromatic heterocycles. The first-order valence-electron chi connectivity index (χ1n) is 5.85. The summed E-state index contributed by atoms with van der Waals surface area (Å²) in [7, 11) is 0. The molecule has 2 atom stereocenters. The SMILES string of the molecule is CCN1CC(CC(C)O)c2c(F)cccc21. The van der Waals surface area contributed by atoms with Gasteiger partial charge in [0.25, 0.3) is 0 Å². The van der Waals surface area contributed by atoms with Crippen molar-refractivity contribution >= 4 is 5.69 Å². The van der Waals surface area contributed by atoms with E-state index in [4.69, 9.17) is 0 Å². The Balaban J connectivity index is 2.35. The van der Waals surface area contributed by atoms with E-state index in [1.165, 1.54) is 6.07 Å². The highest BCUT2D eigenvalue weighted by molar-refractivity contribution is 5.60. The second-order valence-electron chi connectivity index (χ2n) is 4.49.